The van der Waals surface area contributed by atoms with Crippen LogP contribution < -0.4 is 9.91 Å². The van der Waals surface area contributed by atoms with E-state index < -0.39 is 0 Å². The van der Waals surface area contributed by atoms with Crippen molar-refractivity contribution in [3.8, 4) is 0 Å². The third-order valence-corrected chi connectivity index (χ3v) is 3.05. The fourth-order valence-corrected chi connectivity index (χ4v) is 2.15. The Morgan fingerprint density at radius 2 is 1.95 bits per heavy atom. The summed E-state index contributed by atoms with van der Waals surface area (Å²) >= 11 is 0. The Hall–Kier alpha value is -2.17. The second-order valence-electron chi connectivity index (χ2n) is 4.55. The molecule has 1 heterocycles. The molecule has 5 heteroatoms. The van der Waals surface area contributed by atoms with E-state index in [1.165, 1.54) is 18.7 Å². The summed E-state index contributed by atoms with van der Waals surface area (Å²) in [6.07, 6.45) is 2.76. The van der Waals surface area contributed by atoms with Gasteiger partial charge in [-0.2, -0.15) is 5.10 Å². The maximum Gasteiger partial charge on any atom is 0.230 e. The van der Waals surface area contributed by atoms with Gasteiger partial charge in [0.05, 0.1) is 11.4 Å². The molecule has 0 unspecified atom stereocenters. The lowest BCUT2D eigenvalue weighted by Gasteiger charge is -2.22. The van der Waals surface area contributed by atoms with E-state index in [1.54, 1.807) is 0 Å². The number of carbonyl (C=O) groups is 2. The molecule has 1 aromatic carbocycles. The van der Waals surface area contributed by atoms with Crippen molar-refractivity contribution in [2.45, 2.75) is 27.2 Å². The monoisotopic (exact) mass is 259 g/mol. The number of hydrogen-bond acceptors (Lipinski definition) is 4. The summed E-state index contributed by atoms with van der Waals surface area (Å²) in [6, 6.07) is 5.68. The van der Waals surface area contributed by atoms with Gasteiger partial charge in [-0.25, -0.2) is 0 Å². The fraction of sp³-hybridized carbons (Fsp3) is 0.357. The molecule has 0 fully saturated rings. The average molecular weight is 259 g/mol. The smallest absolute Gasteiger partial charge is 0.230 e. The van der Waals surface area contributed by atoms with Gasteiger partial charge in [-0.05, 0) is 24.6 Å². The average Bonchev–Trinajstić information content (AvgIpc) is 2.84. The molecule has 2 amide bonds. The highest BCUT2D eigenvalue weighted by Crippen LogP contribution is 2.28. The van der Waals surface area contributed by atoms with Gasteiger partial charge in [-0.3, -0.25) is 19.5 Å². The summed E-state index contributed by atoms with van der Waals surface area (Å²) in [4.78, 5) is 24.5. The summed E-state index contributed by atoms with van der Waals surface area (Å²) < 4.78 is 0. The van der Waals surface area contributed by atoms with Crippen molar-refractivity contribution >= 4 is 29.4 Å². The molecule has 1 aliphatic heterocycles. The highest BCUT2D eigenvalue weighted by atomic mass is 16.2. The van der Waals surface area contributed by atoms with Gasteiger partial charge in [-0.15, -0.1) is 0 Å². The number of anilines is 2. The first-order chi connectivity index (χ1) is 9.00. The fourth-order valence-electron chi connectivity index (χ4n) is 2.15. The molecule has 5 nitrogen and oxygen atoms in total. The van der Waals surface area contributed by atoms with Crippen molar-refractivity contribution in [1.82, 2.24) is 0 Å². The van der Waals surface area contributed by atoms with Gasteiger partial charge in [0, 0.05) is 33.0 Å². The first-order valence-electron chi connectivity index (χ1n) is 6.22. The molecule has 0 atom stereocenters. The third-order valence-electron chi connectivity index (χ3n) is 3.05. The van der Waals surface area contributed by atoms with Crippen molar-refractivity contribution in [1.29, 1.82) is 0 Å². The molecular weight excluding hydrogens is 242 g/mol. The van der Waals surface area contributed by atoms with Crippen molar-refractivity contribution in [2.75, 3.05) is 16.5 Å². The molecule has 0 aliphatic carbocycles. The number of nitrogens with zero attached hydrogens (tertiary/aromatic N) is 3. The molecule has 19 heavy (non-hydrogen) atoms. The van der Waals surface area contributed by atoms with Crippen LogP contribution in [0.3, 0.4) is 0 Å². The number of aryl methyl sites for hydroxylation is 1. The maximum absolute atomic E-state index is 11.6. The van der Waals surface area contributed by atoms with Crippen LogP contribution in [-0.2, 0) is 9.59 Å². The Bertz CT molecular complexity index is 538. The van der Waals surface area contributed by atoms with Gasteiger partial charge >= 0.3 is 0 Å². The number of hydrogen-bond donors (Lipinski definition) is 0. The predicted molar refractivity (Wildman–Crippen MR) is 75.5 cm³/mol. The van der Waals surface area contributed by atoms with E-state index >= 15 is 0 Å². The third kappa shape index (κ3) is 2.65. The van der Waals surface area contributed by atoms with Gasteiger partial charge in [0.25, 0.3) is 0 Å². The molecular formula is C14H17N3O2. The van der Waals surface area contributed by atoms with Crippen LogP contribution in [-0.4, -0.2) is 24.6 Å². The first-order valence-corrected chi connectivity index (χ1v) is 6.22. The number of imide groups is 1. The highest BCUT2D eigenvalue weighted by Gasteiger charge is 2.20. The van der Waals surface area contributed by atoms with Crippen LogP contribution in [0.1, 0.15) is 25.8 Å². The number of hydrazone groups is 1. The van der Waals surface area contributed by atoms with Gasteiger partial charge in [0.1, 0.15) is 0 Å². The molecule has 1 aliphatic rings. The number of amides is 2. The Morgan fingerprint density at radius 1 is 1.26 bits per heavy atom. The van der Waals surface area contributed by atoms with Crippen LogP contribution in [0.15, 0.2) is 23.3 Å². The molecule has 0 saturated carbocycles. The van der Waals surface area contributed by atoms with E-state index in [4.69, 9.17) is 0 Å². The van der Waals surface area contributed by atoms with Gasteiger partial charge in [0.15, 0.2) is 0 Å². The zero-order chi connectivity index (χ0) is 14.0. The second-order valence-corrected chi connectivity index (χ2v) is 4.55. The molecule has 0 N–H and O–H groups in total. The van der Waals surface area contributed by atoms with Crippen LogP contribution in [0.25, 0.3) is 0 Å². The quantitative estimate of drug-likeness (QED) is 0.817. The molecule has 2 rings (SSSR count). The van der Waals surface area contributed by atoms with Crippen LogP contribution in [0.4, 0.5) is 11.4 Å². The Balaban J connectivity index is 2.43. The summed E-state index contributed by atoms with van der Waals surface area (Å²) in [5.41, 5.74) is 2.40. The van der Waals surface area contributed by atoms with Crippen molar-refractivity contribution < 1.29 is 9.59 Å². The lowest BCUT2D eigenvalue weighted by Crippen LogP contribution is -2.33. The Morgan fingerprint density at radius 3 is 2.47 bits per heavy atom. The minimum Gasteiger partial charge on any atom is -0.274 e. The van der Waals surface area contributed by atoms with Crippen molar-refractivity contribution in [3.63, 3.8) is 0 Å². The topological polar surface area (TPSA) is 53.0 Å². The van der Waals surface area contributed by atoms with E-state index in [-0.39, 0.29) is 11.8 Å². The molecule has 100 valence electrons. The largest absolute Gasteiger partial charge is 0.274 e. The van der Waals surface area contributed by atoms with E-state index in [2.05, 4.69) is 5.10 Å². The molecule has 1 aromatic rings. The number of rotatable bonds is 2. The summed E-state index contributed by atoms with van der Waals surface area (Å²) in [5.74, 6) is -0.560. The lowest BCUT2D eigenvalue weighted by molar-refractivity contribution is -0.124. The normalized spacial score (nSPS) is 13.7. The number of carbonyl (C=O) groups excluding carboxylic acids is 2. The lowest BCUT2D eigenvalue weighted by atomic mass is 10.1. The first kappa shape index (κ1) is 13.3. The van der Waals surface area contributed by atoms with Crippen LogP contribution in [0, 0.1) is 6.92 Å². The minimum atomic E-state index is -0.280. The Labute approximate surface area is 112 Å². The van der Waals surface area contributed by atoms with E-state index in [0.717, 1.165) is 24.2 Å². The molecule has 0 radical (unpaired) electrons. The van der Waals surface area contributed by atoms with Gasteiger partial charge < -0.3 is 0 Å². The van der Waals surface area contributed by atoms with E-state index in [1.807, 2.05) is 36.3 Å². The predicted octanol–water partition coefficient (Wildman–Crippen LogP) is 2.09. The zero-order valence-corrected chi connectivity index (χ0v) is 11.4. The molecule has 0 saturated heterocycles. The maximum atomic E-state index is 11.6. The van der Waals surface area contributed by atoms with Crippen LogP contribution >= 0.6 is 0 Å². The van der Waals surface area contributed by atoms with Crippen molar-refractivity contribution in [3.05, 3.63) is 23.8 Å². The molecule has 0 spiro atoms. The number of benzene rings is 1. The zero-order valence-electron chi connectivity index (χ0n) is 11.4. The van der Waals surface area contributed by atoms with Crippen LogP contribution in [0.2, 0.25) is 0 Å². The van der Waals surface area contributed by atoms with Gasteiger partial charge in [-0.1, -0.05) is 6.07 Å². The molecule has 0 bridgehead atoms. The summed E-state index contributed by atoms with van der Waals surface area (Å²) in [5, 5.41) is 6.11. The Kier molecular flexibility index (Phi) is 3.64. The van der Waals surface area contributed by atoms with E-state index in [9.17, 15) is 9.59 Å². The minimum absolute atomic E-state index is 0.280. The molecule has 0 aromatic heterocycles. The standard InChI is InChI=1S/C14H17N3O2/c1-10-5-6-13(16-8-4-7-15-16)9-14(10)17(11(2)18)12(3)19/h5-7,9H,4,8H2,1-3H3. The van der Waals surface area contributed by atoms with Crippen LogP contribution in [0.5, 0.6) is 0 Å². The van der Waals surface area contributed by atoms with E-state index in [0.29, 0.717) is 5.69 Å². The summed E-state index contributed by atoms with van der Waals surface area (Å²) in [6.45, 7) is 5.48. The highest BCUT2D eigenvalue weighted by molar-refractivity contribution is 6.13. The van der Waals surface area contributed by atoms with Gasteiger partial charge in [0.2, 0.25) is 11.8 Å². The second kappa shape index (κ2) is 5.22. The SMILES string of the molecule is CC(=O)N(C(C)=O)c1cc(N2CCC=N2)ccc1C. The summed E-state index contributed by atoms with van der Waals surface area (Å²) in [7, 11) is 0. The van der Waals surface area contributed by atoms with Crippen molar-refractivity contribution in [2.24, 2.45) is 5.10 Å².